The fourth-order valence-corrected chi connectivity index (χ4v) is 3.55. The zero-order valence-electron chi connectivity index (χ0n) is 14.5. The maximum absolute atomic E-state index is 15.3. The summed E-state index contributed by atoms with van der Waals surface area (Å²) in [4.78, 5) is 8.26. The Morgan fingerprint density at radius 3 is 2.67 bits per heavy atom. The molecule has 27 heavy (non-hydrogen) atoms. The van der Waals surface area contributed by atoms with Gasteiger partial charge in [-0.2, -0.15) is 0 Å². The number of rotatable bonds is 4. The van der Waals surface area contributed by atoms with Gasteiger partial charge >= 0.3 is 0 Å². The number of ether oxygens (including phenoxy) is 1. The quantitative estimate of drug-likeness (QED) is 0.516. The van der Waals surface area contributed by atoms with Gasteiger partial charge in [0, 0.05) is 11.8 Å². The van der Waals surface area contributed by atoms with Gasteiger partial charge in [-0.25, -0.2) is 14.4 Å². The molecule has 2 aromatic heterocycles. The van der Waals surface area contributed by atoms with E-state index < -0.39 is 30.7 Å². The highest BCUT2D eigenvalue weighted by Gasteiger charge is 2.55. The van der Waals surface area contributed by atoms with E-state index in [0.29, 0.717) is 16.6 Å². The third kappa shape index (κ3) is 2.67. The normalized spacial score (nSPS) is 28.0. The molecule has 1 fully saturated rings. The van der Waals surface area contributed by atoms with Gasteiger partial charge in [-0.15, -0.1) is 0 Å². The van der Waals surface area contributed by atoms with Crippen molar-refractivity contribution in [2.75, 3.05) is 12.1 Å². The monoisotopic (exact) mass is 374 g/mol. The van der Waals surface area contributed by atoms with Gasteiger partial charge in [-0.3, -0.25) is 10.7 Å². The first kappa shape index (κ1) is 17.8. The van der Waals surface area contributed by atoms with Crippen molar-refractivity contribution in [1.29, 1.82) is 0 Å². The molecule has 8 nitrogen and oxygen atoms in total. The number of hydrogen-bond donors (Lipinski definition) is 4. The molecule has 0 saturated carbocycles. The van der Waals surface area contributed by atoms with Crippen LogP contribution in [-0.4, -0.2) is 54.4 Å². The van der Waals surface area contributed by atoms with Crippen LogP contribution in [0, 0.1) is 0 Å². The van der Waals surface area contributed by atoms with E-state index in [-0.39, 0.29) is 5.82 Å². The zero-order chi connectivity index (χ0) is 19.2. The van der Waals surface area contributed by atoms with Gasteiger partial charge in [-0.05, 0) is 12.5 Å². The van der Waals surface area contributed by atoms with Crippen molar-refractivity contribution in [1.82, 2.24) is 14.5 Å². The fourth-order valence-electron chi connectivity index (χ4n) is 3.55. The minimum Gasteiger partial charge on any atom is -0.394 e. The Balaban J connectivity index is 1.95. The Bertz CT molecular complexity index is 963. The van der Waals surface area contributed by atoms with E-state index in [1.807, 2.05) is 35.8 Å². The molecular formula is C18H19FN4O4. The van der Waals surface area contributed by atoms with Crippen molar-refractivity contribution in [3.8, 4) is 11.1 Å². The van der Waals surface area contributed by atoms with Crippen molar-refractivity contribution in [2.24, 2.45) is 0 Å². The Kier molecular flexibility index (Phi) is 4.31. The summed E-state index contributed by atoms with van der Waals surface area (Å²) in [5, 5.41) is 29.5. The SMILES string of the molecule is C[C@@]1(F)C(O)C(CO)O[C@H]1n1cc(-c2ccccc2)c2c(NO)ncnc21. The van der Waals surface area contributed by atoms with Crippen LogP contribution < -0.4 is 5.48 Å². The molecule has 1 saturated heterocycles. The summed E-state index contributed by atoms with van der Waals surface area (Å²) in [7, 11) is 0. The maximum Gasteiger partial charge on any atom is 0.181 e. The van der Waals surface area contributed by atoms with E-state index in [0.717, 1.165) is 5.56 Å². The molecule has 0 radical (unpaired) electrons. The number of nitrogens with one attached hydrogen (secondary N) is 1. The molecule has 3 aromatic rings. The summed E-state index contributed by atoms with van der Waals surface area (Å²) in [6.45, 7) is 0.707. The molecule has 9 heteroatoms. The topological polar surface area (TPSA) is 113 Å². The average molecular weight is 374 g/mol. The lowest BCUT2D eigenvalue weighted by molar-refractivity contribution is -0.0563. The molecule has 2 unspecified atom stereocenters. The summed E-state index contributed by atoms with van der Waals surface area (Å²) >= 11 is 0. The second kappa shape index (κ2) is 6.54. The molecule has 4 N–H and O–H groups in total. The number of aliphatic hydroxyl groups is 2. The molecule has 3 heterocycles. The second-order valence-electron chi connectivity index (χ2n) is 6.65. The van der Waals surface area contributed by atoms with Crippen molar-refractivity contribution in [3.05, 3.63) is 42.9 Å². The summed E-state index contributed by atoms with van der Waals surface area (Å²) in [5.74, 6) is 0.162. The van der Waals surface area contributed by atoms with Gasteiger partial charge in [0.1, 0.15) is 24.2 Å². The Labute approximate surface area is 153 Å². The summed E-state index contributed by atoms with van der Waals surface area (Å²) < 4.78 is 22.4. The predicted octanol–water partition coefficient (Wildman–Crippen LogP) is 1.88. The van der Waals surface area contributed by atoms with E-state index in [9.17, 15) is 15.4 Å². The van der Waals surface area contributed by atoms with Crippen molar-refractivity contribution < 1.29 is 24.5 Å². The molecule has 1 aliphatic heterocycles. The summed E-state index contributed by atoms with van der Waals surface area (Å²) in [6, 6.07) is 9.30. The number of benzene rings is 1. The molecule has 0 aliphatic carbocycles. The van der Waals surface area contributed by atoms with Gasteiger partial charge in [0.25, 0.3) is 0 Å². The number of fused-ring (bicyclic) bond motifs is 1. The minimum absolute atomic E-state index is 0.162. The van der Waals surface area contributed by atoms with Gasteiger partial charge in [0.15, 0.2) is 17.7 Å². The predicted molar refractivity (Wildman–Crippen MR) is 94.9 cm³/mol. The number of aliphatic hydroxyl groups excluding tert-OH is 2. The van der Waals surface area contributed by atoms with Gasteiger partial charge in [0.2, 0.25) is 0 Å². The number of anilines is 1. The van der Waals surface area contributed by atoms with Crippen LogP contribution in [-0.2, 0) is 4.74 Å². The van der Waals surface area contributed by atoms with E-state index in [1.54, 1.807) is 6.20 Å². The molecule has 1 aliphatic rings. The second-order valence-corrected chi connectivity index (χ2v) is 6.65. The molecule has 0 amide bonds. The van der Waals surface area contributed by atoms with Gasteiger partial charge < -0.3 is 19.5 Å². The van der Waals surface area contributed by atoms with E-state index in [2.05, 4.69) is 9.97 Å². The van der Waals surface area contributed by atoms with Crippen LogP contribution in [0.4, 0.5) is 10.2 Å². The van der Waals surface area contributed by atoms with E-state index >= 15 is 4.39 Å². The van der Waals surface area contributed by atoms with Crippen molar-refractivity contribution in [2.45, 2.75) is 31.0 Å². The van der Waals surface area contributed by atoms with Crippen LogP contribution in [0.15, 0.2) is 42.9 Å². The highest BCUT2D eigenvalue weighted by Crippen LogP contribution is 2.44. The lowest BCUT2D eigenvalue weighted by Crippen LogP contribution is -2.40. The van der Waals surface area contributed by atoms with Crippen molar-refractivity contribution >= 4 is 16.9 Å². The lowest BCUT2D eigenvalue weighted by Gasteiger charge is -2.25. The molecule has 0 spiro atoms. The number of nitrogens with zero attached hydrogens (tertiary/aromatic N) is 3. The highest BCUT2D eigenvalue weighted by atomic mass is 19.1. The van der Waals surface area contributed by atoms with Crippen molar-refractivity contribution in [3.63, 3.8) is 0 Å². The van der Waals surface area contributed by atoms with Gasteiger partial charge in [-0.1, -0.05) is 30.3 Å². The Morgan fingerprint density at radius 2 is 2.04 bits per heavy atom. The third-order valence-electron chi connectivity index (χ3n) is 4.95. The zero-order valence-corrected chi connectivity index (χ0v) is 14.5. The molecule has 4 rings (SSSR count). The van der Waals surface area contributed by atoms with Crippen LogP contribution >= 0.6 is 0 Å². The highest BCUT2D eigenvalue weighted by molar-refractivity contribution is 6.01. The van der Waals surface area contributed by atoms with E-state index in [1.165, 1.54) is 17.8 Å². The Hall–Kier alpha value is -2.59. The first-order valence-corrected chi connectivity index (χ1v) is 8.43. The average Bonchev–Trinajstić information content (AvgIpc) is 3.18. The Morgan fingerprint density at radius 1 is 1.30 bits per heavy atom. The van der Waals surface area contributed by atoms with Crippen LogP contribution in [0.5, 0.6) is 0 Å². The number of alkyl halides is 1. The fraction of sp³-hybridized carbons (Fsp3) is 0.333. The number of halogens is 1. The summed E-state index contributed by atoms with van der Waals surface area (Å²) in [6.07, 6.45) is -0.894. The molecule has 142 valence electrons. The van der Waals surface area contributed by atoms with Crippen LogP contribution in [0.3, 0.4) is 0 Å². The molecule has 0 bridgehead atoms. The smallest absolute Gasteiger partial charge is 0.181 e. The first-order chi connectivity index (χ1) is 13.0. The van der Waals surface area contributed by atoms with Gasteiger partial charge in [0.05, 0.1) is 12.0 Å². The van der Waals surface area contributed by atoms with E-state index in [4.69, 9.17) is 4.74 Å². The third-order valence-corrected chi connectivity index (χ3v) is 4.95. The molecule has 4 atom stereocenters. The largest absolute Gasteiger partial charge is 0.394 e. The van der Waals surface area contributed by atoms with Crippen LogP contribution in [0.1, 0.15) is 13.2 Å². The number of aromatic nitrogens is 3. The standard InChI is InChI=1S/C18H19FN4O4/c1-18(19)14(25)12(8-24)27-17(18)23-7-11(10-5-3-2-4-6-10)13-15(22-26)20-9-21-16(13)23/h2-7,9,12,14,17,24-26H,8H2,1H3,(H,20,21,22)/t12?,14?,17-,18-/m1/s1. The van der Waals surface area contributed by atoms with Crippen LogP contribution in [0.25, 0.3) is 22.2 Å². The summed E-state index contributed by atoms with van der Waals surface area (Å²) in [5.41, 5.74) is 1.67. The van der Waals surface area contributed by atoms with Crippen LogP contribution in [0.2, 0.25) is 0 Å². The maximum atomic E-state index is 15.3. The molecular weight excluding hydrogens is 355 g/mol. The first-order valence-electron chi connectivity index (χ1n) is 8.43. The number of hydrogen-bond acceptors (Lipinski definition) is 7. The molecule has 1 aromatic carbocycles. The minimum atomic E-state index is -2.16. The lowest BCUT2D eigenvalue weighted by atomic mass is 9.98.